The van der Waals surface area contributed by atoms with Crippen LogP contribution in [0.3, 0.4) is 0 Å². The molecule has 82 valence electrons. The Bertz CT molecular complexity index is 501. The Hall–Kier alpha value is -2.06. The van der Waals surface area contributed by atoms with E-state index in [0.717, 1.165) is 0 Å². The molecule has 16 heavy (non-hydrogen) atoms. The Kier molecular flexibility index (Phi) is 3.86. The summed E-state index contributed by atoms with van der Waals surface area (Å²) in [7, 11) is 0. The summed E-state index contributed by atoms with van der Waals surface area (Å²) in [6.07, 6.45) is -0.359. The highest BCUT2D eigenvalue weighted by Gasteiger charge is 2.10. The van der Waals surface area contributed by atoms with E-state index < -0.39 is 11.9 Å². The van der Waals surface area contributed by atoms with E-state index >= 15 is 0 Å². The van der Waals surface area contributed by atoms with Gasteiger partial charge >= 0.3 is 11.9 Å². The van der Waals surface area contributed by atoms with E-state index in [0.29, 0.717) is 0 Å². The molecule has 1 rings (SSSR count). The van der Waals surface area contributed by atoms with Gasteiger partial charge in [-0.05, 0) is 12.1 Å². The fourth-order valence-corrected chi connectivity index (χ4v) is 1.06. The molecule has 0 aliphatic carbocycles. The summed E-state index contributed by atoms with van der Waals surface area (Å²) in [5.41, 5.74) is -0.150. The largest absolute Gasteiger partial charge is 0.481 e. The lowest BCUT2D eigenvalue weighted by atomic mass is 10.2. The summed E-state index contributed by atoms with van der Waals surface area (Å²) in [4.78, 5) is 24.6. The molecule has 0 aromatic carbocycles. The molecule has 0 spiro atoms. The quantitative estimate of drug-likeness (QED) is 0.599. The van der Waals surface area contributed by atoms with Crippen LogP contribution >= 0.6 is 11.6 Å². The summed E-state index contributed by atoms with van der Waals surface area (Å²) in [5.74, 6) is 2.40. The topological polar surface area (TPSA) is 87.5 Å². The van der Waals surface area contributed by atoms with Crippen molar-refractivity contribution in [1.82, 2.24) is 4.98 Å². The molecular weight excluding hydrogens is 234 g/mol. The Labute approximate surface area is 95.7 Å². The second-order valence-electron chi connectivity index (χ2n) is 2.71. The second kappa shape index (κ2) is 5.14. The number of pyridine rings is 1. The fourth-order valence-electron chi connectivity index (χ4n) is 0.914. The van der Waals surface area contributed by atoms with Crippen molar-refractivity contribution < 1.29 is 19.8 Å². The summed E-state index contributed by atoms with van der Waals surface area (Å²) < 4.78 is 0. The highest BCUT2D eigenvalue weighted by atomic mass is 35.5. The van der Waals surface area contributed by atoms with Crippen molar-refractivity contribution >= 4 is 23.5 Å². The first-order chi connectivity index (χ1) is 7.50. The second-order valence-corrected chi connectivity index (χ2v) is 3.09. The maximum atomic E-state index is 10.8. The van der Waals surface area contributed by atoms with Crippen molar-refractivity contribution in [3.63, 3.8) is 0 Å². The predicted octanol–water partition coefficient (Wildman–Crippen LogP) is 1.26. The Morgan fingerprint density at radius 3 is 2.62 bits per heavy atom. The lowest BCUT2D eigenvalue weighted by Gasteiger charge is -1.97. The molecule has 0 radical (unpaired) electrons. The molecule has 6 heteroatoms. The van der Waals surface area contributed by atoms with Crippen molar-refractivity contribution in [3.05, 3.63) is 28.5 Å². The standard InChI is InChI=1S/C10H6ClNO4/c11-7-5-4-6(2-1-3-8(13)14)9(12-7)10(15)16/h4-5H,3H2,(H,13,14)(H,15,16). The van der Waals surface area contributed by atoms with E-state index in [9.17, 15) is 9.59 Å². The van der Waals surface area contributed by atoms with Crippen LogP contribution in [0.5, 0.6) is 0 Å². The molecule has 0 amide bonds. The molecule has 0 fully saturated rings. The van der Waals surface area contributed by atoms with Gasteiger partial charge in [-0.2, -0.15) is 0 Å². The van der Waals surface area contributed by atoms with Gasteiger partial charge in [0.05, 0.1) is 5.56 Å². The molecule has 0 bridgehead atoms. The van der Waals surface area contributed by atoms with Gasteiger partial charge in [0.1, 0.15) is 11.6 Å². The Morgan fingerprint density at radius 1 is 1.38 bits per heavy atom. The van der Waals surface area contributed by atoms with Gasteiger partial charge in [0.15, 0.2) is 5.69 Å². The third-order valence-corrected chi connectivity index (χ3v) is 1.74. The van der Waals surface area contributed by atoms with E-state index in [1.165, 1.54) is 12.1 Å². The predicted molar refractivity (Wildman–Crippen MR) is 55.3 cm³/mol. The molecule has 0 atom stereocenters. The van der Waals surface area contributed by atoms with Crippen molar-refractivity contribution in [1.29, 1.82) is 0 Å². The van der Waals surface area contributed by atoms with Gasteiger partial charge in [-0.15, -0.1) is 0 Å². The fraction of sp³-hybridized carbons (Fsp3) is 0.100. The van der Waals surface area contributed by atoms with Gasteiger partial charge < -0.3 is 10.2 Å². The number of carboxylic acid groups (broad SMARTS) is 2. The number of hydrogen-bond acceptors (Lipinski definition) is 3. The van der Waals surface area contributed by atoms with Crippen LogP contribution in [0, 0.1) is 11.8 Å². The summed E-state index contributed by atoms with van der Waals surface area (Å²) >= 11 is 5.53. The number of carbonyl (C=O) groups is 2. The minimum atomic E-state index is -1.26. The number of rotatable bonds is 2. The highest BCUT2D eigenvalue weighted by Crippen LogP contribution is 2.10. The molecule has 0 aliphatic heterocycles. The van der Waals surface area contributed by atoms with E-state index in [-0.39, 0.29) is 22.8 Å². The molecule has 5 nitrogen and oxygen atoms in total. The maximum Gasteiger partial charge on any atom is 0.355 e. The lowest BCUT2D eigenvalue weighted by molar-refractivity contribution is -0.135. The molecule has 1 aromatic rings. The normalized spacial score (nSPS) is 9.06. The molecule has 1 heterocycles. The summed E-state index contributed by atoms with van der Waals surface area (Å²) in [6.45, 7) is 0. The zero-order valence-electron chi connectivity index (χ0n) is 7.90. The van der Waals surface area contributed by atoms with Gasteiger partial charge in [-0.3, -0.25) is 4.79 Å². The highest BCUT2D eigenvalue weighted by molar-refractivity contribution is 6.29. The average molecular weight is 240 g/mol. The Morgan fingerprint density at radius 2 is 2.06 bits per heavy atom. The summed E-state index contributed by atoms with van der Waals surface area (Å²) in [5, 5.41) is 17.2. The minimum absolute atomic E-state index is 0.0428. The molecular formula is C10H6ClNO4. The number of aromatic nitrogens is 1. The summed E-state index contributed by atoms with van der Waals surface area (Å²) in [6, 6.07) is 2.77. The first-order valence-electron chi connectivity index (χ1n) is 4.11. The lowest BCUT2D eigenvalue weighted by Crippen LogP contribution is -2.03. The van der Waals surface area contributed by atoms with Crippen LogP contribution in [-0.2, 0) is 4.79 Å². The number of aliphatic carboxylic acids is 1. The van der Waals surface area contributed by atoms with Crippen molar-refractivity contribution in [2.75, 3.05) is 0 Å². The zero-order valence-corrected chi connectivity index (χ0v) is 8.65. The number of aromatic carboxylic acids is 1. The number of nitrogens with zero attached hydrogens (tertiary/aromatic N) is 1. The van der Waals surface area contributed by atoms with Gasteiger partial charge in [-0.25, -0.2) is 9.78 Å². The Balaban J connectivity index is 3.07. The first kappa shape index (κ1) is 12.0. The van der Waals surface area contributed by atoms with Crippen LogP contribution in [0.1, 0.15) is 22.5 Å². The van der Waals surface area contributed by atoms with Gasteiger partial charge in [0.2, 0.25) is 0 Å². The zero-order chi connectivity index (χ0) is 12.1. The monoisotopic (exact) mass is 239 g/mol. The first-order valence-corrected chi connectivity index (χ1v) is 4.49. The van der Waals surface area contributed by atoms with Crippen LogP contribution in [-0.4, -0.2) is 27.1 Å². The molecule has 0 unspecified atom stereocenters. The third-order valence-electron chi connectivity index (χ3n) is 1.53. The van der Waals surface area contributed by atoms with Crippen LogP contribution in [0.4, 0.5) is 0 Å². The van der Waals surface area contributed by atoms with Crippen LogP contribution in [0.15, 0.2) is 12.1 Å². The molecule has 0 saturated heterocycles. The molecule has 1 aromatic heterocycles. The number of hydrogen-bond donors (Lipinski definition) is 2. The number of carboxylic acids is 2. The number of halogens is 1. The van der Waals surface area contributed by atoms with Crippen LogP contribution in [0.2, 0.25) is 5.15 Å². The molecule has 2 N–H and O–H groups in total. The smallest absolute Gasteiger partial charge is 0.355 e. The van der Waals surface area contributed by atoms with E-state index in [2.05, 4.69) is 16.8 Å². The average Bonchev–Trinajstić information content (AvgIpc) is 2.19. The van der Waals surface area contributed by atoms with E-state index in [4.69, 9.17) is 21.8 Å². The van der Waals surface area contributed by atoms with Crippen molar-refractivity contribution in [2.24, 2.45) is 0 Å². The third kappa shape index (κ3) is 3.26. The van der Waals surface area contributed by atoms with E-state index in [1.807, 2.05) is 0 Å². The van der Waals surface area contributed by atoms with Gasteiger partial charge in [0.25, 0.3) is 0 Å². The van der Waals surface area contributed by atoms with Gasteiger partial charge in [-0.1, -0.05) is 23.4 Å². The van der Waals surface area contributed by atoms with Crippen LogP contribution < -0.4 is 0 Å². The SMILES string of the molecule is O=C(O)CC#Cc1ccc(Cl)nc1C(=O)O. The molecule has 0 saturated carbocycles. The van der Waals surface area contributed by atoms with Gasteiger partial charge in [0, 0.05) is 0 Å². The van der Waals surface area contributed by atoms with Crippen molar-refractivity contribution in [3.8, 4) is 11.8 Å². The van der Waals surface area contributed by atoms with Crippen molar-refractivity contribution in [2.45, 2.75) is 6.42 Å². The minimum Gasteiger partial charge on any atom is -0.481 e. The molecule has 0 aliphatic rings. The maximum absolute atomic E-state index is 10.8. The van der Waals surface area contributed by atoms with E-state index in [1.54, 1.807) is 0 Å². The van der Waals surface area contributed by atoms with Crippen LogP contribution in [0.25, 0.3) is 0 Å².